The van der Waals surface area contributed by atoms with E-state index in [1.807, 2.05) is 46.9 Å². The summed E-state index contributed by atoms with van der Waals surface area (Å²) >= 11 is 1.52. The minimum atomic E-state index is -0.108. The number of nitrogens with zero attached hydrogens (tertiary/aromatic N) is 5. The SMILES string of the molecule is C=CCn1c(=O)c2ccccc2n2c(SCc3cccc(C#N)c3)nnc12. The van der Waals surface area contributed by atoms with Gasteiger partial charge in [0.25, 0.3) is 5.56 Å². The highest BCUT2D eigenvalue weighted by atomic mass is 32.2. The highest BCUT2D eigenvalue weighted by Crippen LogP contribution is 2.25. The maximum atomic E-state index is 12.8. The fraction of sp³-hybridized carbons (Fsp3) is 0.100. The van der Waals surface area contributed by atoms with Crippen LogP contribution in [-0.4, -0.2) is 19.2 Å². The quantitative estimate of drug-likeness (QED) is 0.396. The molecule has 0 saturated heterocycles. The lowest BCUT2D eigenvalue weighted by Crippen LogP contribution is -2.22. The first-order valence-corrected chi connectivity index (χ1v) is 9.31. The summed E-state index contributed by atoms with van der Waals surface area (Å²) in [7, 11) is 0. The Balaban J connectivity index is 1.83. The molecule has 27 heavy (non-hydrogen) atoms. The minimum Gasteiger partial charge on any atom is -0.272 e. The number of benzene rings is 2. The van der Waals surface area contributed by atoms with Gasteiger partial charge in [-0.2, -0.15) is 5.26 Å². The molecule has 0 aliphatic carbocycles. The van der Waals surface area contributed by atoms with Gasteiger partial charge in [-0.05, 0) is 29.8 Å². The van der Waals surface area contributed by atoms with Crippen molar-refractivity contribution in [2.24, 2.45) is 0 Å². The van der Waals surface area contributed by atoms with Crippen LogP contribution in [0.4, 0.5) is 0 Å². The van der Waals surface area contributed by atoms with Crippen molar-refractivity contribution in [3.63, 3.8) is 0 Å². The lowest BCUT2D eigenvalue weighted by Gasteiger charge is -2.09. The van der Waals surface area contributed by atoms with E-state index in [-0.39, 0.29) is 5.56 Å². The number of aromatic nitrogens is 4. The monoisotopic (exact) mass is 373 g/mol. The standard InChI is InChI=1S/C20H15N5OS/c1-2-10-24-18(26)16-8-3-4-9-17(16)25-19(24)22-23-20(25)27-13-15-7-5-6-14(11-15)12-21/h2-9,11H,1,10,13H2. The molecule has 0 spiro atoms. The van der Waals surface area contributed by atoms with Crippen molar-refractivity contribution < 1.29 is 0 Å². The number of para-hydroxylation sites is 1. The minimum absolute atomic E-state index is 0.108. The van der Waals surface area contributed by atoms with Gasteiger partial charge in [-0.3, -0.25) is 13.8 Å². The van der Waals surface area contributed by atoms with Crippen molar-refractivity contribution >= 4 is 28.4 Å². The zero-order valence-corrected chi connectivity index (χ0v) is 15.2. The molecule has 2 heterocycles. The summed E-state index contributed by atoms with van der Waals surface area (Å²) in [6, 6.07) is 17.1. The summed E-state index contributed by atoms with van der Waals surface area (Å²) in [5, 5.41) is 18.9. The summed E-state index contributed by atoms with van der Waals surface area (Å²) in [5.41, 5.74) is 2.32. The fourth-order valence-electron chi connectivity index (χ4n) is 3.00. The van der Waals surface area contributed by atoms with Gasteiger partial charge in [0.1, 0.15) is 0 Å². The van der Waals surface area contributed by atoms with Crippen LogP contribution in [-0.2, 0) is 12.3 Å². The molecular formula is C20H15N5OS. The van der Waals surface area contributed by atoms with Gasteiger partial charge in [-0.25, -0.2) is 0 Å². The van der Waals surface area contributed by atoms with Gasteiger partial charge in [0.15, 0.2) is 5.16 Å². The molecular weight excluding hydrogens is 358 g/mol. The molecule has 0 bridgehead atoms. The second kappa shape index (κ2) is 7.09. The third-order valence-electron chi connectivity index (χ3n) is 4.21. The topological polar surface area (TPSA) is 76.0 Å². The van der Waals surface area contributed by atoms with Gasteiger partial charge in [0, 0.05) is 12.3 Å². The van der Waals surface area contributed by atoms with Gasteiger partial charge in [0.2, 0.25) is 5.78 Å². The smallest absolute Gasteiger partial charge is 0.263 e. The Hall–Kier alpha value is -3.37. The first-order chi connectivity index (χ1) is 13.2. The highest BCUT2D eigenvalue weighted by molar-refractivity contribution is 7.98. The number of hydrogen-bond donors (Lipinski definition) is 0. The zero-order chi connectivity index (χ0) is 18.8. The third kappa shape index (κ3) is 3.00. The molecule has 0 atom stereocenters. The normalized spacial score (nSPS) is 10.9. The third-order valence-corrected chi connectivity index (χ3v) is 5.21. The molecule has 2 aromatic heterocycles. The molecule has 0 saturated carbocycles. The van der Waals surface area contributed by atoms with E-state index in [2.05, 4.69) is 22.8 Å². The largest absolute Gasteiger partial charge is 0.272 e. The van der Waals surface area contributed by atoms with E-state index < -0.39 is 0 Å². The molecule has 6 nitrogen and oxygen atoms in total. The fourth-order valence-corrected chi connectivity index (χ4v) is 3.88. The Labute approximate surface area is 159 Å². The van der Waals surface area contributed by atoms with Gasteiger partial charge >= 0.3 is 0 Å². The van der Waals surface area contributed by atoms with Crippen molar-refractivity contribution in [2.45, 2.75) is 17.5 Å². The van der Waals surface area contributed by atoms with Gasteiger partial charge < -0.3 is 0 Å². The van der Waals surface area contributed by atoms with Gasteiger partial charge in [-0.15, -0.1) is 16.8 Å². The van der Waals surface area contributed by atoms with Crippen LogP contribution in [0.1, 0.15) is 11.1 Å². The number of thioether (sulfide) groups is 1. The van der Waals surface area contributed by atoms with Crippen molar-refractivity contribution in [1.82, 2.24) is 19.2 Å². The maximum absolute atomic E-state index is 12.8. The lowest BCUT2D eigenvalue weighted by molar-refractivity contribution is 0.783. The van der Waals surface area contributed by atoms with E-state index in [4.69, 9.17) is 5.26 Å². The molecule has 132 valence electrons. The molecule has 0 radical (unpaired) electrons. The van der Waals surface area contributed by atoms with Crippen LogP contribution in [0.2, 0.25) is 0 Å². The summed E-state index contributed by atoms with van der Waals surface area (Å²) < 4.78 is 3.47. The molecule has 0 N–H and O–H groups in total. The van der Waals surface area contributed by atoms with Crippen LogP contribution < -0.4 is 5.56 Å². The Morgan fingerprint density at radius 1 is 1.19 bits per heavy atom. The average Bonchev–Trinajstić information content (AvgIpc) is 3.13. The first kappa shape index (κ1) is 17.1. The van der Waals surface area contributed by atoms with Crippen molar-refractivity contribution in [3.05, 3.63) is 82.7 Å². The molecule has 0 amide bonds. The molecule has 0 aliphatic heterocycles. The second-order valence-electron chi connectivity index (χ2n) is 5.94. The number of allylic oxidation sites excluding steroid dienone is 1. The Kier molecular flexibility index (Phi) is 4.48. The summed E-state index contributed by atoms with van der Waals surface area (Å²) in [5.74, 6) is 1.14. The molecule has 0 unspecified atom stereocenters. The lowest BCUT2D eigenvalue weighted by atomic mass is 10.2. The van der Waals surface area contributed by atoms with E-state index in [0.29, 0.717) is 34.2 Å². The van der Waals surface area contributed by atoms with Gasteiger partial charge in [0.05, 0.1) is 22.5 Å². The Morgan fingerprint density at radius 3 is 2.85 bits per heavy atom. The van der Waals surface area contributed by atoms with Crippen LogP contribution >= 0.6 is 11.8 Å². The Bertz CT molecular complexity index is 1270. The summed E-state index contributed by atoms with van der Waals surface area (Å²) in [6.45, 7) is 4.10. The summed E-state index contributed by atoms with van der Waals surface area (Å²) in [6.07, 6.45) is 1.67. The number of nitriles is 1. The van der Waals surface area contributed by atoms with E-state index in [1.165, 1.54) is 11.8 Å². The van der Waals surface area contributed by atoms with E-state index in [9.17, 15) is 4.79 Å². The number of rotatable bonds is 5. The predicted molar refractivity (Wildman–Crippen MR) is 106 cm³/mol. The van der Waals surface area contributed by atoms with E-state index in [0.717, 1.165) is 11.1 Å². The van der Waals surface area contributed by atoms with Crippen molar-refractivity contribution in [3.8, 4) is 6.07 Å². The van der Waals surface area contributed by atoms with Crippen LogP contribution in [0.5, 0.6) is 0 Å². The number of hydrogen-bond acceptors (Lipinski definition) is 5. The number of fused-ring (bicyclic) bond motifs is 3. The second-order valence-corrected chi connectivity index (χ2v) is 6.88. The molecule has 2 aromatic carbocycles. The molecule has 4 aromatic rings. The maximum Gasteiger partial charge on any atom is 0.263 e. The first-order valence-electron chi connectivity index (χ1n) is 8.32. The van der Waals surface area contributed by atoms with Crippen LogP contribution in [0, 0.1) is 11.3 Å². The average molecular weight is 373 g/mol. The van der Waals surface area contributed by atoms with E-state index in [1.54, 1.807) is 16.7 Å². The van der Waals surface area contributed by atoms with Crippen LogP contribution in [0.15, 0.2) is 71.1 Å². The van der Waals surface area contributed by atoms with Crippen molar-refractivity contribution in [2.75, 3.05) is 0 Å². The molecule has 4 rings (SSSR count). The molecule has 7 heteroatoms. The van der Waals surface area contributed by atoms with E-state index >= 15 is 0 Å². The van der Waals surface area contributed by atoms with Gasteiger partial charge in [-0.1, -0.05) is 42.1 Å². The molecule has 0 aliphatic rings. The Morgan fingerprint density at radius 2 is 2.04 bits per heavy atom. The van der Waals surface area contributed by atoms with Crippen LogP contribution in [0.25, 0.3) is 16.7 Å². The van der Waals surface area contributed by atoms with Crippen LogP contribution in [0.3, 0.4) is 0 Å². The predicted octanol–water partition coefficient (Wildman–Crippen LogP) is 3.39. The van der Waals surface area contributed by atoms with Crippen molar-refractivity contribution in [1.29, 1.82) is 5.26 Å². The zero-order valence-electron chi connectivity index (χ0n) is 14.4. The summed E-state index contributed by atoms with van der Waals surface area (Å²) in [4.78, 5) is 12.8. The highest BCUT2D eigenvalue weighted by Gasteiger charge is 2.16. The molecule has 0 fully saturated rings.